The van der Waals surface area contributed by atoms with Gasteiger partial charge < -0.3 is 20.8 Å². The largest absolute Gasteiger partial charge is 0.507 e. The van der Waals surface area contributed by atoms with Gasteiger partial charge in [0.2, 0.25) is 0 Å². The average Bonchev–Trinajstić information content (AvgIpc) is 2.41. The third-order valence-corrected chi connectivity index (χ3v) is 3.80. The van der Waals surface area contributed by atoms with Crippen molar-refractivity contribution in [2.45, 2.75) is 44.7 Å². The quantitative estimate of drug-likeness (QED) is 0.676. The van der Waals surface area contributed by atoms with Crippen LogP contribution in [0, 0.1) is 0 Å². The second-order valence-electron chi connectivity index (χ2n) is 5.25. The van der Waals surface area contributed by atoms with Crippen molar-refractivity contribution >= 4 is 5.91 Å². The highest BCUT2D eigenvalue weighted by atomic mass is 16.3. The molecule has 110 valence electrons. The topological polar surface area (TPSA) is 81.6 Å². The molecule has 1 aromatic carbocycles. The van der Waals surface area contributed by atoms with E-state index in [0.29, 0.717) is 6.04 Å². The number of benzene rings is 1. The number of phenols is 2. The van der Waals surface area contributed by atoms with Gasteiger partial charge in [-0.3, -0.25) is 4.79 Å². The molecule has 0 atom stereocenters. The summed E-state index contributed by atoms with van der Waals surface area (Å²) in [5.41, 5.74) is -0.0405. The van der Waals surface area contributed by atoms with E-state index in [9.17, 15) is 15.0 Å². The molecule has 1 aromatic rings. The SMILES string of the molecule is CCNC1CCC(NC(=O)c2c(O)cccc2O)CC1. The molecule has 1 fully saturated rings. The molecule has 1 aliphatic carbocycles. The summed E-state index contributed by atoms with van der Waals surface area (Å²) in [6, 6.07) is 4.94. The Morgan fingerprint density at radius 1 is 1.15 bits per heavy atom. The number of rotatable bonds is 4. The minimum absolute atomic E-state index is 0.0405. The number of hydrogen-bond acceptors (Lipinski definition) is 4. The number of carbonyl (C=O) groups excluding carboxylic acids is 1. The van der Waals surface area contributed by atoms with Gasteiger partial charge in [-0.15, -0.1) is 0 Å². The fraction of sp³-hybridized carbons (Fsp3) is 0.533. The van der Waals surface area contributed by atoms with Crippen molar-refractivity contribution in [1.29, 1.82) is 0 Å². The highest BCUT2D eigenvalue weighted by Crippen LogP contribution is 2.27. The van der Waals surface area contributed by atoms with E-state index in [1.165, 1.54) is 18.2 Å². The lowest BCUT2D eigenvalue weighted by Crippen LogP contribution is -2.42. The van der Waals surface area contributed by atoms with Crippen molar-refractivity contribution < 1.29 is 15.0 Å². The van der Waals surface area contributed by atoms with Gasteiger partial charge in [0.15, 0.2) is 0 Å². The van der Waals surface area contributed by atoms with Gasteiger partial charge in [0.25, 0.3) is 5.91 Å². The predicted octanol–water partition coefficient (Wildman–Crippen LogP) is 1.75. The Balaban J connectivity index is 1.93. The second kappa shape index (κ2) is 6.61. The summed E-state index contributed by atoms with van der Waals surface area (Å²) in [6.07, 6.45) is 3.90. The highest BCUT2D eigenvalue weighted by molar-refractivity contribution is 5.99. The Labute approximate surface area is 119 Å². The van der Waals surface area contributed by atoms with E-state index in [0.717, 1.165) is 32.2 Å². The summed E-state index contributed by atoms with van der Waals surface area (Å²) in [5.74, 6) is -0.792. The molecule has 5 heteroatoms. The fourth-order valence-electron chi connectivity index (χ4n) is 2.75. The van der Waals surface area contributed by atoms with E-state index >= 15 is 0 Å². The zero-order valence-corrected chi connectivity index (χ0v) is 11.7. The summed E-state index contributed by atoms with van der Waals surface area (Å²) in [5, 5.41) is 25.7. The maximum Gasteiger partial charge on any atom is 0.259 e. The molecule has 0 heterocycles. The van der Waals surface area contributed by atoms with Crippen LogP contribution in [0.3, 0.4) is 0 Å². The van der Waals surface area contributed by atoms with Crippen molar-refractivity contribution in [3.05, 3.63) is 23.8 Å². The van der Waals surface area contributed by atoms with Crippen LogP contribution in [-0.4, -0.2) is 34.7 Å². The Bertz CT molecular complexity index is 448. The first-order valence-corrected chi connectivity index (χ1v) is 7.17. The van der Waals surface area contributed by atoms with Crippen molar-refractivity contribution in [3.8, 4) is 11.5 Å². The molecule has 0 aliphatic heterocycles. The highest BCUT2D eigenvalue weighted by Gasteiger charge is 2.24. The van der Waals surface area contributed by atoms with Crippen LogP contribution in [0.1, 0.15) is 43.0 Å². The van der Waals surface area contributed by atoms with Gasteiger partial charge in [-0.25, -0.2) is 0 Å². The molecule has 2 rings (SSSR count). The van der Waals surface area contributed by atoms with Crippen molar-refractivity contribution in [1.82, 2.24) is 10.6 Å². The van der Waals surface area contributed by atoms with Crippen molar-refractivity contribution in [2.75, 3.05) is 6.54 Å². The molecular weight excluding hydrogens is 256 g/mol. The summed E-state index contributed by atoms with van der Waals surface area (Å²) in [6.45, 7) is 3.06. The number of nitrogens with one attached hydrogen (secondary N) is 2. The van der Waals surface area contributed by atoms with E-state index in [4.69, 9.17) is 0 Å². The Hall–Kier alpha value is -1.75. The molecule has 1 amide bonds. The van der Waals surface area contributed by atoms with Crippen LogP contribution in [-0.2, 0) is 0 Å². The van der Waals surface area contributed by atoms with E-state index in [2.05, 4.69) is 17.6 Å². The van der Waals surface area contributed by atoms with Crippen LogP contribution in [0.15, 0.2) is 18.2 Å². The minimum atomic E-state index is -0.410. The third-order valence-electron chi connectivity index (χ3n) is 3.80. The van der Waals surface area contributed by atoms with Crippen molar-refractivity contribution in [2.24, 2.45) is 0 Å². The van der Waals surface area contributed by atoms with E-state index in [1.807, 2.05) is 0 Å². The van der Waals surface area contributed by atoms with Crippen molar-refractivity contribution in [3.63, 3.8) is 0 Å². The Morgan fingerprint density at radius 3 is 2.25 bits per heavy atom. The van der Waals surface area contributed by atoms with Crippen LogP contribution in [0.4, 0.5) is 0 Å². The van der Waals surface area contributed by atoms with Gasteiger partial charge in [0, 0.05) is 12.1 Å². The maximum atomic E-state index is 12.1. The van der Waals surface area contributed by atoms with Gasteiger partial charge in [0.1, 0.15) is 17.1 Å². The lowest BCUT2D eigenvalue weighted by Gasteiger charge is -2.29. The number of phenolic OH excluding ortho intramolecular Hbond substituents is 2. The number of aromatic hydroxyl groups is 2. The zero-order chi connectivity index (χ0) is 14.5. The first-order valence-electron chi connectivity index (χ1n) is 7.17. The second-order valence-corrected chi connectivity index (χ2v) is 5.25. The maximum absolute atomic E-state index is 12.1. The lowest BCUT2D eigenvalue weighted by molar-refractivity contribution is 0.0919. The monoisotopic (exact) mass is 278 g/mol. The molecule has 4 N–H and O–H groups in total. The molecule has 1 aliphatic rings. The smallest absolute Gasteiger partial charge is 0.259 e. The number of carbonyl (C=O) groups is 1. The first kappa shape index (κ1) is 14.7. The third kappa shape index (κ3) is 3.42. The Kier molecular flexibility index (Phi) is 4.84. The molecule has 0 saturated heterocycles. The van der Waals surface area contributed by atoms with Gasteiger partial charge in [-0.1, -0.05) is 13.0 Å². The van der Waals surface area contributed by atoms with Crippen LogP contribution < -0.4 is 10.6 Å². The standard InChI is InChI=1S/C15H22N2O3/c1-2-16-10-6-8-11(9-7-10)17-15(20)14-12(18)4-3-5-13(14)19/h3-5,10-11,16,18-19H,2,6-9H2,1H3,(H,17,20). The summed E-state index contributed by atoms with van der Waals surface area (Å²) in [4.78, 5) is 12.1. The van der Waals surface area contributed by atoms with Crippen LogP contribution in [0.2, 0.25) is 0 Å². The number of hydrogen-bond donors (Lipinski definition) is 4. The number of amides is 1. The van der Waals surface area contributed by atoms with Gasteiger partial charge >= 0.3 is 0 Å². The normalized spacial score (nSPS) is 22.4. The van der Waals surface area contributed by atoms with Gasteiger partial charge in [-0.05, 0) is 44.4 Å². The zero-order valence-electron chi connectivity index (χ0n) is 11.7. The summed E-state index contributed by atoms with van der Waals surface area (Å²) in [7, 11) is 0. The fourth-order valence-corrected chi connectivity index (χ4v) is 2.75. The average molecular weight is 278 g/mol. The van der Waals surface area contributed by atoms with E-state index < -0.39 is 5.91 Å². The summed E-state index contributed by atoms with van der Waals surface area (Å²) >= 11 is 0. The molecule has 0 aromatic heterocycles. The molecule has 0 spiro atoms. The molecule has 1 saturated carbocycles. The van der Waals surface area contributed by atoms with E-state index in [1.54, 1.807) is 0 Å². The molecule has 20 heavy (non-hydrogen) atoms. The minimum Gasteiger partial charge on any atom is -0.507 e. The van der Waals surface area contributed by atoms with Crippen LogP contribution in [0.25, 0.3) is 0 Å². The van der Waals surface area contributed by atoms with E-state index in [-0.39, 0.29) is 23.1 Å². The predicted molar refractivity (Wildman–Crippen MR) is 77.0 cm³/mol. The Morgan fingerprint density at radius 2 is 1.70 bits per heavy atom. The molecule has 5 nitrogen and oxygen atoms in total. The molecule has 0 bridgehead atoms. The van der Waals surface area contributed by atoms with Crippen LogP contribution >= 0.6 is 0 Å². The molecule has 0 radical (unpaired) electrons. The first-order chi connectivity index (χ1) is 9.61. The van der Waals surface area contributed by atoms with Crippen LogP contribution in [0.5, 0.6) is 11.5 Å². The molecular formula is C15H22N2O3. The van der Waals surface area contributed by atoms with Gasteiger partial charge in [-0.2, -0.15) is 0 Å². The van der Waals surface area contributed by atoms with Gasteiger partial charge in [0.05, 0.1) is 0 Å². The summed E-state index contributed by atoms with van der Waals surface area (Å²) < 4.78 is 0. The molecule has 0 unspecified atom stereocenters. The lowest BCUT2D eigenvalue weighted by atomic mass is 9.91.